The zero-order valence-corrected chi connectivity index (χ0v) is 27.4. The summed E-state index contributed by atoms with van der Waals surface area (Å²) < 4.78 is 13.2. The van der Waals surface area contributed by atoms with Crippen molar-refractivity contribution in [2.45, 2.75) is 70.0 Å². The number of nitrogens with zero attached hydrogens (tertiary/aromatic N) is 1. The molecule has 9 heteroatoms. The van der Waals surface area contributed by atoms with E-state index in [1.807, 2.05) is 111 Å². The first kappa shape index (κ1) is 34.9. The largest absolute Gasteiger partial charge is 0.481 e. The highest BCUT2D eigenvalue weighted by atomic mass is 16.7. The number of aliphatic hydroxyl groups is 2. The van der Waals surface area contributed by atoms with Crippen molar-refractivity contribution in [1.29, 1.82) is 0 Å². The molecule has 1 aliphatic heterocycles. The summed E-state index contributed by atoms with van der Waals surface area (Å²) in [6.07, 6.45) is -1.39. The Morgan fingerprint density at radius 3 is 2.27 bits per heavy atom. The van der Waals surface area contributed by atoms with Crippen molar-refractivity contribution >= 4 is 11.9 Å². The van der Waals surface area contributed by atoms with Crippen LogP contribution in [0.2, 0.25) is 0 Å². The molecule has 252 valence electrons. The SMILES string of the molecule is C[C@H]([C@@H](O)c1ccccc1)N(C)C[C@@H]1C[C@H](c2ccc(CO)cc2)O[C@H](c2cccc(-c3cccc(CNC(=O)CCC(=O)O)c3)c2)O1. The van der Waals surface area contributed by atoms with Crippen molar-refractivity contribution < 1.29 is 34.4 Å². The molecule has 4 N–H and O–H groups in total. The van der Waals surface area contributed by atoms with Gasteiger partial charge in [0.1, 0.15) is 0 Å². The number of amides is 1. The maximum Gasteiger partial charge on any atom is 0.303 e. The molecule has 5 atom stereocenters. The van der Waals surface area contributed by atoms with Crippen LogP contribution < -0.4 is 5.32 Å². The Hall–Kier alpha value is -4.38. The molecule has 1 fully saturated rings. The number of benzene rings is 4. The summed E-state index contributed by atoms with van der Waals surface area (Å²) in [6.45, 7) is 2.86. The summed E-state index contributed by atoms with van der Waals surface area (Å²) in [4.78, 5) is 25.0. The van der Waals surface area contributed by atoms with Gasteiger partial charge in [0, 0.05) is 37.5 Å². The Bertz CT molecular complexity index is 1650. The number of hydrogen-bond donors (Lipinski definition) is 4. The molecule has 0 unspecified atom stereocenters. The third-order valence-electron chi connectivity index (χ3n) is 8.87. The van der Waals surface area contributed by atoms with Crippen molar-refractivity contribution in [2.24, 2.45) is 0 Å². The van der Waals surface area contributed by atoms with Gasteiger partial charge in [0.05, 0.1) is 31.3 Å². The highest BCUT2D eigenvalue weighted by Gasteiger charge is 2.34. The minimum Gasteiger partial charge on any atom is -0.481 e. The van der Waals surface area contributed by atoms with Crippen LogP contribution in [0.25, 0.3) is 11.1 Å². The standard InChI is InChI=1S/C39H44N2O7/c1-26(38(46)30-9-4-3-5-10-30)41(2)24-34-22-35(29-16-14-27(25-42)15-17-29)48-39(47-34)33-13-7-12-32(21-33)31-11-6-8-28(20-31)23-40-36(43)18-19-37(44)45/h3-17,20-21,26,34-35,38-39,42,46H,18-19,22-25H2,1-2H3,(H,40,43)(H,44,45)/t26-,34+,35-,38-,39-/m1/s1. The first-order valence-electron chi connectivity index (χ1n) is 16.3. The summed E-state index contributed by atoms with van der Waals surface area (Å²) in [7, 11) is 2.00. The molecule has 0 aliphatic carbocycles. The number of likely N-dealkylation sites (N-methyl/N-ethyl adjacent to an activating group) is 1. The summed E-state index contributed by atoms with van der Waals surface area (Å²) in [5.74, 6) is -1.31. The lowest BCUT2D eigenvalue weighted by Crippen LogP contribution is -2.43. The molecule has 0 saturated carbocycles. The molecular weight excluding hydrogens is 608 g/mol. The second kappa shape index (κ2) is 16.6. The van der Waals surface area contributed by atoms with Crippen molar-refractivity contribution in [2.75, 3.05) is 13.6 Å². The molecule has 0 spiro atoms. The maximum atomic E-state index is 12.1. The van der Waals surface area contributed by atoms with E-state index in [-0.39, 0.29) is 43.6 Å². The van der Waals surface area contributed by atoms with E-state index < -0.39 is 18.4 Å². The Labute approximate surface area is 281 Å². The third-order valence-corrected chi connectivity index (χ3v) is 8.87. The van der Waals surface area contributed by atoms with Crippen molar-refractivity contribution in [3.63, 3.8) is 0 Å². The van der Waals surface area contributed by atoms with Crippen LogP contribution in [0.1, 0.15) is 72.5 Å². The molecule has 4 aromatic rings. The summed E-state index contributed by atoms with van der Waals surface area (Å²) >= 11 is 0. The summed E-state index contributed by atoms with van der Waals surface area (Å²) in [6, 6.07) is 33.2. The Balaban J connectivity index is 1.34. The number of carbonyl (C=O) groups is 2. The van der Waals surface area contributed by atoms with Crippen LogP contribution in [-0.2, 0) is 32.2 Å². The highest BCUT2D eigenvalue weighted by molar-refractivity contribution is 5.80. The zero-order valence-electron chi connectivity index (χ0n) is 27.4. The fraction of sp³-hybridized carbons (Fsp3) is 0.333. The maximum absolute atomic E-state index is 12.1. The molecule has 0 aromatic heterocycles. The molecule has 9 nitrogen and oxygen atoms in total. The van der Waals surface area contributed by atoms with Crippen LogP contribution in [-0.4, -0.2) is 57.8 Å². The van der Waals surface area contributed by atoms with Crippen LogP contribution in [0.3, 0.4) is 0 Å². The monoisotopic (exact) mass is 652 g/mol. The van der Waals surface area contributed by atoms with E-state index in [1.165, 1.54) is 0 Å². The van der Waals surface area contributed by atoms with Crippen molar-refractivity contribution in [3.05, 3.63) is 131 Å². The van der Waals surface area contributed by atoms with E-state index in [0.717, 1.165) is 38.9 Å². The number of carboxylic acid groups (broad SMARTS) is 1. The summed E-state index contributed by atoms with van der Waals surface area (Å²) in [5, 5.41) is 32.3. The summed E-state index contributed by atoms with van der Waals surface area (Å²) in [5.41, 5.74) is 6.37. The third kappa shape index (κ3) is 9.37. The predicted molar refractivity (Wildman–Crippen MR) is 183 cm³/mol. The van der Waals surface area contributed by atoms with E-state index in [4.69, 9.17) is 14.6 Å². The van der Waals surface area contributed by atoms with Gasteiger partial charge in [-0.25, -0.2) is 0 Å². The predicted octanol–water partition coefficient (Wildman–Crippen LogP) is 5.93. The van der Waals surface area contributed by atoms with Crippen LogP contribution in [0.5, 0.6) is 0 Å². The minimum atomic E-state index is -1.00. The fourth-order valence-corrected chi connectivity index (χ4v) is 5.93. The Kier molecular flexibility index (Phi) is 12.1. The number of carboxylic acids is 1. The average Bonchev–Trinajstić information content (AvgIpc) is 3.12. The van der Waals surface area contributed by atoms with Gasteiger partial charge in [-0.3, -0.25) is 14.5 Å². The second-order valence-electron chi connectivity index (χ2n) is 12.4. The lowest BCUT2D eigenvalue weighted by molar-refractivity contribution is -0.253. The van der Waals surface area contributed by atoms with Crippen LogP contribution >= 0.6 is 0 Å². The first-order chi connectivity index (χ1) is 23.2. The molecule has 1 aliphatic rings. The number of rotatable bonds is 14. The number of ether oxygens (including phenoxy) is 2. The molecule has 48 heavy (non-hydrogen) atoms. The molecule has 1 heterocycles. The van der Waals surface area contributed by atoms with Gasteiger partial charge < -0.3 is 30.1 Å². The molecule has 1 amide bonds. The minimum absolute atomic E-state index is 0.0301. The quantitative estimate of drug-likeness (QED) is 0.132. The second-order valence-corrected chi connectivity index (χ2v) is 12.4. The Morgan fingerprint density at radius 2 is 1.56 bits per heavy atom. The van der Waals surface area contributed by atoms with Crippen LogP contribution in [0, 0.1) is 0 Å². The first-order valence-corrected chi connectivity index (χ1v) is 16.3. The number of aliphatic carboxylic acids is 1. The van der Waals surface area contributed by atoms with Gasteiger partial charge in [-0.05, 0) is 59.5 Å². The lowest BCUT2D eigenvalue weighted by Gasteiger charge is -2.39. The van der Waals surface area contributed by atoms with E-state index in [1.54, 1.807) is 0 Å². The van der Waals surface area contributed by atoms with E-state index in [0.29, 0.717) is 19.5 Å². The topological polar surface area (TPSA) is 129 Å². The molecular formula is C39H44N2O7. The van der Waals surface area contributed by atoms with Gasteiger partial charge >= 0.3 is 5.97 Å². The number of carbonyl (C=O) groups excluding carboxylic acids is 1. The van der Waals surface area contributed by atoms with Crippen LogP contribution in [0.15, 0.2) is 103 Å². The average molecular weight is 653 g/mol. The molecule has 0 bridgehead atoms. The smallest absolute Gasteiger partial charge is 0.303 e. The van der Waals surface area contributed by atoms with Gasteiger partial charge in [-0.2, -0.15) is 0 Å². The van der Waals surface area contributed by atoms with E-state index >= 15 is 0 Å². The van der Waals surface area contributed by atoms with Crippen LogP contribution in [0.4, 0.5) is 0 Å². The van der Waals surface area contributed by atoms with Gasteiger partial charge in [-0.15, -0.1) is 0 Å². The molecule has 4 aromatic carbocycles. The van der Waals surface area contributed by atoms with Gasteiger partial charge in [0.15, 0.2) is 6.29 Å². The number of nitrogens with one attached hydrogen (secondary N) is 1. The van der Waals surface area contributed by atoms with Crippen molar-refractivity contribution in [1.82, 2.24) is 10.2 Å². The van der Waals surface area contributed by atoms with E-state index in [2.05, 4.69) is 16.3 Å². The van der Waals surface area contributed by atoms with Gasteiger partial charge in [-0.1, -0.05) is 91.0 Å². The van der Waals surface area contributed by atoms with Crippen molar-refractivity contribution in [3.8, 4) is 11.1 Å². The lowest BCUT2D eigenvalue weighted by atomic mass is 9.97. The number of aliphatic hydroxyl groups excluding tert-OH is 2. The normalized spacial score (nSPS) is 19.1. The highest BCUT2D eigenvalue weighted by Crippen LogP contribution is 2.39. The van der Waals surface area contributed by atoms with E-state index in [9.17, 15) is 19.8 Å². The number of hydrogen-bond acceptors (Lipinski definition) is 7. The molecule has 5 rings (SSSR count). The Morgan fingerprint density at radius 1 is 0.854 bits per heavy atom. The molecule has 1 saturated heterocycles. The fourth-order valence-electron chi connectivity index (χ4n) is 5.93. The zero-order chi connectivity index (χ0) is 34.0. The van der Waals surface area contributed by atoms with Gasteiger partial charge in [0.2, 0.25) is 5.91 Å². The van der Waals surface area contributed by atoms with Gasteiger partial charge in [0.25, 0.3) is 0 Å². The molecule has 0 radical (unpaired) electrons.